The van der Waals surface area contributed by atoms with Crippen molar-refractivity contribution in [3.63, 3.8) is 0 Å². The average Bonchev–Trinajstić information content (AvgIpc) is 3.36. The predicted octanol–water partition coefficient (Wildman–Crippen LogP) is 1.62. The van der Waals surface area contributed by atoms with Gasteiger partial charge in [0.1, 0.15) is 17.7 Å². The zero-order chi connectivity index (χ0) is 29.1. The van der Waals surface area contributed by atoms with Crippen LogP contribution in [0.3, 0.4) is 0 Å². The highest BCUT2D eigenvalue weighted by atomic mass is 16.6. The molecule has 2 aromatic rings. The van der Waals surface area contributed by atoms with Crippen molar-refractivity contribution in [2.24, 2.45) is 5.92 Å². The van der Waals surface area contributed by atoms with Gasteiger partial charge < -0.3 is 19.9 Å². The van der Waals surface area contributed by atoms with Gasteiger partial charge in [0.15, 0.2) is 5.82 Å². The molecule has 4 heterocycles. The molecule has 41 heavy (non-hydrogen) atoms. The number of hydrogen-bond acceptors (Lipinski definition) is 9. The number of nitrogens with zero attached hydrogens (tertiary/aromatic N) is 7. The fourth-order valence-corrected chi connectivity index (χ4v) is 6.70. The third-order valence-electron chi connectivity index (χ3n) is 8.66. The van der Waals surface area contributed by atoms with Gasteiger partial charge in [0, 0.05) is 30.7 Å². The van der Waals surface area contributed by atoms with Crippen LogP contribution in [0.1, 0.15) is 58.6 Å². The Morgan fingerprint density at radius 2 is 1.98 bits per heavy atom. The lowest BCUT2D eigenvalue weighted by Gasteiger charge is -2.39. The number of alkyl carbamates (subject to hydrolysis) is 1. The van der Waals surface area contributed by atoms with Crippen LogP contribution >= 0.6 is 0 Å². The summed E-state index contributed by atoms with van der Waals surface area (Å²) in [5.41, 5.74) is 1.13. The molecule has 1 saturated carbocycles. The van der Waals surface area contributed by atoms with Gasteiger partial charge >= 0.3 is 6.09 Å². The number of hydrogen-bond donors (Lipinski definition) is 2. The topological polar surface area (TPSA) is 160 Å². The van der Waals surface area contributed by atoms with Crippen molar-refractivity contribution in [3.05, 3.63) is 29.8 Å². The van der Waals surface area contributed by atoms with E-state index in [4.69, 9.17) is 4.74 Å². The molecule has 1 aromatic carbocycles. The number of aromatic amines is 1. The zero-order valence-corrected chi connectivity index (χ0v) is 23.6. The van der Waals surface area contributed by atoms with Gasteiger partial charge in [0.25, 0.3) is 0 Å². The van der Waals surface area contributed by atoms with Crippen molar-refractivity contribution >= 4 is 17.9 Å². The Bertz CT molecular complexity index is 1370. The number of nitrogens with one attached hydrogen (secondary N) is 2. The summed E-state index contributed by atoms with van der Waals surface area (Å²) in [4.78, 5) is 45.7. The zero-order valence-electron chi connectivity index (χ0n) is 23.6. The highest BCUT2D eigenvalue weighted by Crippen LogP contribution is 2.48. The Morgan fingerprint density at radius 3 is 2.61 bits per heavy atom. The van der Waals surface area contributed by atoms with Crippen LogP contribution in [0.5, 0.6) is 0 Å². The number of benzene rings is 1. The maximum absolute atomic E-state index is 13.8. The molecule has 6 unspecified atom stereocenters. The number of nitriles is 1. The first kappa shape index (κ1) is 27.1. The van der Waals surface area contributed by atoms with Crippen LogP contribution in [0, 0.1) is 17.2 Å². The molecular formula is C28H35N9O4. The molecule has 2 N–H and O–H groups in total. The number of piperidine rings is 1. The fourth-order valence-electron chi connectivity index (χ4n) is 6.70. The molecule has 13 nitrogen and oxygen atoms in total. The monoisotopic (exact) mass is 561 g/mol. The molecule has 4 aliphatic rings. The first-order valence-corrected chi connectivity index (χ1v) is 14.2. The number of amides is 3. The lowest BCUT2D eigenvalue weighted by Crippen LogP contribution is -2.59. The van der Waals surface area contributed by atoms with Crippen LogP contribution in [0.2, 0.25) is 0 Å². The van der Waals surface area contributed by atoms with Crippen LogP contribution in [-0.2, 0) is 14.3 Å². The summed E-state index contributed by atoms with van der Waals surface area (Å²) in [6, 6.07) is 8.18. The van der Waals surface area contributed by atoms with E-state index in [9.17, 15) is 19.6 Å². The van der Waals surface area contributed by atoms with Gasteiger partial charge in [-0.3, -0.25) is 14.5 Å². The molecular weight excluding hydrogens is 526 g/mol. The SMILES string of the molecule is CC(c1ccc(-c2nnn[nH]2)cc1)N1C(=O)C2C[C@H]1CN2CC(NC(=O)OC(C)(C)C)C(=O)N1C(C#N)CC2CC21. The van der Waals surface area contributed by atoms with Gasteiger partial charge in [0.2, 0.25) is 11.8 Å². The molecule has 1 aromatic heterocycles. The molecule has 3 aliphatic heterocycles. The summed E-state index contributed by atoms with van der Waals surface area (Å²) in [5, 5.41) is 26.3. The van der Waals surface area contributed by atoms with Crippen LogP contribution in [0.25, 0.3) is 11.4 Å². The van der Waals surface area contributed by atoms with E-state index >= 15 is 0 Å². The lowest BCUT2D eigenvalue weighted by atomic mass is 10.0. The normalized spacial score (nSPS) is 28.3. The smallest absolute Gasteiger partial charge is 0.408 e. The van der Waals surface area contributed by atoms with E-state index in [2.05, 4.69) is 32.0 Å². The number of aromatic nitrogens is 4. The van der Waals surface area contributed by atoms with E-state index in [0.717, 1.165) is 17.5 Å². The summed E-state index contributed by atoms with van der Waals surface area (Å²) in [7, 11) is 0. The fraction of sp³-hybridized carbons (Fsp3) is 0.607. The van der Waals surface area contributed by atoms with Crippen LogP contribution in [0.15, 0.2) is 24.3 Å². The number of tetrazole rings is 1. The molecule has 216 valence electrons. The Hall–Kier alpha value is -4.05. The standard InChI is InChI=1S/C28H35N9O4/c1-15(16-5-7-17(8-6-16)24-31-33-34-32-24)36-20-11-23(26(36)39)35(13-20)14-21(30-27(40)41-28(2,3)4)25(38)37-19(12-29)9-18-10-22(18)37/h5-8,15,18-23H,9-11,13-14H2,1-4H3,(H,30,40)(H,31,32,33,34)/t15?,18?,19?,20-,21?,22?,23?/m0/s1. The number of ether oxygens (including phenoxy) is 1. The summed E-state index contributed by atoms with van der Waals surface area (Å²) in [5.74, 6) is 0.660. The first-order chi connectivity index (χ1) is 19.5. The minimum Gasteiger partial charge on any atom is -0.444 e. The number of piperazine rings is 1. The molecule has 1 aliphatic carbocycles. The van der Waals surface area contributed by atoms with Gasteiger partial charge in [-0.2, -0.15) is 5.26 Å². The predicted molar refractivity (Wildman–Crippen MR) is 145 cm³/mol. The van der Waals surface area contributed by atoms with Crippen molar-refractivity contribution in [3.8, 4) is 17.5 Å². The number of carbonyl (C=O) groups excluding carboxylic acids is 3. The summed E-state index contributed by atoms with van der Waals surface area (Å²) in [6.45, 7) is 8.08. The van der Waals surface area contributed by atoms with Crippen molar-refractivity contribution in [1.82, 2.24) is 40.6 Å². The van der Waals surface area contributed by atoms with Crippen molar-refractivity contribution in [1.29, 1.82) is 5.26 Å². The first-order valence-electron chi connectivity index (χ1n) is 14.2. The summed E-state index contributed by atoms with van der Waals surface area (Å²) >= 11 is 0. The van der Waals surface area contributed by atoms with Gasteiger partial charge in [-0.25, -0.2) is 9.89 Å². The maximum Gasteiger partial charge on any atom is 0.408 e. The number of H-pyrrole nitrogens is 1. The van der Waals surface area contributed by atoms with E-state index in [1.165, 1.54) is 0 Å². The third-order valence-corrected chi connectivity index (χ3v) is 8.66. The highest BCUT2D eigenvalue weighted by Gasteiger charge is 2.56. The summed E-state index contributed by atoms with van der Waals surface area (Å²) in [6.07, 6.45) is 1.53. The molecule has 0 spiro atoms. The van der Waals surface area contributed by atoms with Crippen molar-refractivity contribution < 1.29 is 19.1 Å². The van der Waals surface area contributed by atoms with E-state index in [0.29, 0.717) is 31.1 Å². The summed E-state index contributed by atoms with van der Waals surface area (Å²) < 4.78 is 5.46. The average molecular weight is 562 g/mol. The molecule has 7 atom stereocenters. The quantitative estimate of drug-likeness (QED) is 0.512. The van der Waals surface area contributed by atoms with Gasteiger partial charge in [-0.15, -0.1) is 5.10 Å². The van der Waals surface area contributed by atoms with E-state index in [1.807, 2.05) is 41.0 Å². The molecule has 3 amide bonds. The van der Waals surface area contributed by atoms with Gasteiger partial charge in [-0.05, 0) is 68.9 Å². The number of fused-ring (bicyclic) bond motifs is 3. The highest BCUT2D eigenvalue weighted by molar-refractivity contribution is 5.89. The Kier molecular flexibility index (Phi) is 6.68. The molecule has 2 bridgehead atoms. The Labute approximate surface area is 238 Å². The molecule has 3 saturated heterocycles. The van der Waals surface area contributed by atoms with Crippen molar-refractivity contribution in [2.75, 3.05) is 13.1 Å². The molecule has 13 heteroatoms. The third kappa shape index (κ3) is 5.12. The Morgan fingerprint density at radius 1 is 1.22 bits per heavy atom. The molecule has 4 fully saturated rings. The Balaban J connectivity index is 1.15. The van der Waals surface area contributed by atoms with Crippen LogP contribution in [-0.4, -0.2) is 102 Å². The molecule has 0 radical (unpaired) electrons. The van der Waals surface area contributed by atoms with Crippen LogP contribution < -0.4 is 5.32 Å². The van der Waals surface area contributed by atoms with Crippen LogP contribution in [0.4, 0.5) is 4.79 Å². The van der Waals surface area contributed by atoms with E-state index in [1.54, 1.807) is 25.7 Å². The largest absolute Gasteiger partial charge is 0.444 e. The second-order valence-electron chi connectivity index (χ2n) is 12.5. The van der Waals surface area contributed by atoms with Gasteiger partial charge in [-0.1, -0.05) is 24.3 Å². The van der Waals surface area contributed by atoms with E-state index in [-0.39, 0.29) is 42.5 Å². The van der Waals surface area contributed by atoms with E-state index < -0.39 is 23.8 Å². The minimum atomic E-state index is -0.920. The second kappa shape index (κ2) is 10.1. The number of rotatable bonds is 7. The minimum absolute atomic E-state index is 0.00983. The lowest BCUT2D eigenvalue weighted by molar-refractivity contribution is -0.141. The number of carbonyl (C=O) groups is 3. The van der Waals surface area contributed by atoms with Gasteiger partial charge in [0.05, 0.1) is 18.2 Å². The van der Waals surface area contributed by atoms with Crippen molar-refractivity contribution in [2.45, 2.75) is 88.8 Å². The second-order valence-corrected chi connectivity index (χ2v) is 12.5. The number of likely N-dealkylation sites (tertiary alicyclic amines) is 3. The maximum atomic E-state index is 13.8. The molecule has 6 rings (SSSR count).